The highest BCUT2D eigenvalue weighted by atomic mass is 19.4. The highest BCUT2D eigenvalue weighted by Crippen LogP contribution is 2.37. The average Bonchev–Trinajstić information content (AvgIpc) is 2.69. The summed E-state index contributed by atoms with van der Waals surface area (Å²) in [6.45, 7) is 2.83. The monoisotopic (exact) mass is 464 g/mol. The van der Waals surface area contributed by atoms with E-state index in [1.807, 2.05) is 6.92 Å². The first-order chi connectivity index (χ1) is 14.8. The molecule has 0 radical (unpaired) electrons. The lowest BCUT2D eigenvalue weighted by atomic mass is 10.0. The molecule has 0 N–H and O–H groups in total. The molecule has 2 aromatic rings. The Morgan fingerprint density at radius 2 is 1.72 bits per heavy atom. The van der Waals surface area contributed by atoms with Crippen LogP contribution in [0.25, 0.3) is 0 Å². The highest BCUT2D eigenvalue weighted by molar-refractivity contribution is 5.92. The largest absolute Gasteiger partial charge is 0.457 e. The van der Waals surface area contributed by atoms with Gasteiger partial charge in [-0.3, -0.25) is 0 Å². The first kappa shape index (κ1) is 25.2. The van der Waals surface area contributed by atoms with Crippen LogP contribution in [-0.2, 0) is 23.7 Å². The second-order valence-electron chi connectivity index (χ2n) is 6.85. The van der Waals surface area contributed by atoms with Crippen molar-refractivity contribution in [2.75, 3.05) is 13.6 Å². The number of alkyl halides is 6. The smallest absolute Gasteiger partial charge is 0.419 e. The molecular formula is C21H19F7N2O2. The van der Waals surface area contributed by atoms with Gasteiger partial charge in [-0.05, 0) is 37.6 Å². The summed E-state index contributed by atoms with van der Waals surface area (Å²) < 4.78 is 97.8. The van der Waals surface area contributed by atoms with Crippen LogP contribution in [0.3, 0.4) is 0 Å². The van der Waals surface area contributed by atoms with Gasteiger partial charge in [-0.15, -0.1) is 0 Å². The lowest BCUT2D eigenvalue weighted by Crippen LogP contribution is -2.17. The molecule has 0 bridgehead atoms. The van der Waals surface area contributed by atoms with Crippen molar-refractivity contribution in [3.05, 3.63) is 64.0 Å². The Hall–Kier alpha value is -3.11. The van der Waals surface area contributed by atoms with Crippen LogP contribution in [0.1, 0.15) is 39.5 Å². The number of benzene rings is 2. The van der Waals surface area contributed by atoms with Crippen molar-refractivity contribution in [1.82, 2.24) is 4.90 Å². The summed E-state index contributed by atoms with van der Waals surface area (Å²) in [5.41, 5.74) is -4.18. The van der Waals surface area contributed by atoms with Crippen LogP contribution in [0, 0.1) is 12.7 Å². The van der Waals surface area contributed by atoms with Crippen LogP contribution < -0.4 is 0 Å². The number of ether oxygens (including phenoxy) is 1. The number of carbonyl (C=O) groups excluding carboxylic acids is 1. The van der Waals surface area contributed by atoms with Crippen LogP contribution in [0.5, 0.6) is 0 Å². The quantitative estimate of drug-likeness (QED) is 0.223. The van der Waals surface area contributed by atoms with Crippen molar-refractivity contribution >= 4 is 18.0 Å². The topological polar surface area (TPSA) is 41.9 Å². The van der Waals surface area contributed by atoms with E-state index in [-0.39, 0.29) is 11.3 Å². The van der Waals surface area contributed by atoms with Gasteiger partial charge in [0.15, 0.2) is 0 Å². The predicted molar refractivity (Wildman–Crippen MR) is 103 cm³/mol. The number of carbonyl (C=O) groups is 1. The molecule has 0 saturated carbocycles. The van der Waals surface area contributed by atoms with E-state index in [1.165, 1.54) is 13.3 Å². The molecule has 0 atom stereocenters. The van der Waals surface area contributed by atoms with Gasteiger partial charge >= 0.3 is 18.3 Å². The fourth-order valence-corrected chi connectivity index (χ4v) is 2.61. The fourth-order valence-electron chi connectivity index (χ4n) is 2.61. The van der Waals surface area contributed by atoms with Crippen molar-refractivity contribution in [2.45, 2.75) is 32.8 Å². The molecule has 0 aliphatic heterocycles. The van der Waals surface area contributed by atoms with Crippen LogP contribution in [0.15, 0.2) is 35.3 Å². The third kappa shape index (κ3) is 5.98. The van der Waals surface area contributed by atoms with E-state index in [2.05, 4.69) is 4.99 Å². The van der Waals surface area contributed by atoms with Crippen molar-refractivity contribution in [1.29, 1.82) is 0 Å². The second-order valence-corrected chi connectivity index (χ2v) is 6.85. The standard InChI is InChI=1S/C21H19F7N2O2/c1-4-30(3)11-29-17-9-16(21(26,27)28)14(8-12(17)2)19(31)32-10-13-6-5-7-15(18(13)22)20(23,24)25/h5-9,11H,4,10H2,1-3H3. The van der Waals surface area contributed by atoms with E-state index in [0.29, 0.717) is 18.7 Å². The van der Waals surface area contributed by atoms with Gasteiger partial charge in [-0.1, -0.05) is 12.1 Å². The Bertz CT molecular complexity index is 1010. The molecule has 0 unspecified atom stereocenters. The first-order valence-electron chi connectivity index (χ1n) is 9.23. The van der Waals surface area contributed by atoms with Gasteiger partial charge in [0, 0.05) is 19.2 Å². The van der Waals surface area contributed by atoms with Crippen LogP contribution in [-0.4, -0.2) is 30.8 Å². The van der Waals surface area contributed by atoms with Crippen LogP contribution in [0.4, 0.5) is 36.4 Å². The zero-order valence-electron chi connectivity index (χ0n) is 17.2. The predicted octanol–water partition coefficient (Wildman–Crippen LogP) is 6.14. The first-order valence-corrected chi connectivity index (χ1v) is 9.23. The summed E-state index contributed by atoms with van der Waals surface area (Å²) in [5, 5.41) is 0. The maximum absolute atomic E-state index is 14.1. The van der Waals surface area contributed by atoms with Gasteiger partial charge < -0.3 is 9.64 Å². The number of aryl methyl sites for hydroxylation is 1. The van der Waals surface area contributed by atoms with Gasteiger partial charge in [0.2, 0.25) is 0 Å². The van der Waals surface area contributed by atoms with Crippen molar-refractivity contribution in [3.8, 4) is 0 Å². The average molecular weight is 464 g/mol. The third-order valence-corrected chi connectivity index (χ3v) is 4.50. The van der Waals surface area contributed by atoms with Gasteiger partial charge in [0.05, 0.1) is 28.7 Å². The summed E-state index contributed by atoms with van der Waals surface area (Å²) in [6.07, 6.45) is -8.59. The number of rotatable bonds is 6. The van der Waals surface area contributed by atoms with E-state index in [1.54, 1.807) is 11.9 Å². The number of esters is 1. The van der Waals surface area contributed by atoms with E-state index in [9.17, 15) is 35.5 Å². The molecule has 0 aliphatic carbocycles. The molecule has 2 rings (SSSR count). The molecule has 0 spiro atoms. The molecule has 0 heterocycles. The Morgan fingerprint density at radius 1 is 1.09 bits per heavy atom. The molecule has 2 aromatic carbocycles. The Balaban J connectivity index is 2.36. The van der Waals surface area contributed by atoms with Crippen LogP contribution in [0.2, 0.25) is 0 Å². The Morgan fingerprint density at radius 3 is 2.28 bits per heavy atom. The zero-order chi connectivity index (χ0) is 24.3. The van der Waals surface area contributed by atoms with E-state index in [0.717, 1.165) is 18.2 Å². The van der Waals surface area contributed by atoms with Gasteiger partial charge in [-0.25, -0.2) is 14.2 Å². The van der Waals surface area contributed by atoms with Gasteiger partial charge in [0.1, 0.15) is 12.4 Å². The molecule has 0 fully saturated rings. The highest BCUT2D eigenvalue weighted by Gasteiger charge is 2.37. The van der Waals surface area contributed by atoms with Crippen molar-refractivity contribution in [3.63, 3.8) is 0 Å². The van der Waals surface area contributed by atoms with Crippen molar-refractivity contribution < 1.29 is 40.3 Å². The van der Waals surface area contributed by atoms with E-state index >= 15 is 0 Å². The SMILES string of the molecule is CCN(C)C=Nc1cc(C(F)(F)F)c(C(=O)OCc2cccc(C(F)(F)F)c2F)cc1C. The fraction of sp³-hybridized carbons (Fsp3) is 0.333. The minimum Gasteiger partial charge on any atom is -0.457 e. The number of hydrogen-bond acceptors (Lipinski definition) is 3. The van der Waals surface area contributed by atoms with Crippen molar-refractivity contribution in [2.24, 2.45) is 4.99 Å². The zero-order valence-corrected chi connectivity index (χ0v) is 17.2. The minimum atomic E-state index is -4.98. The molecule has 4 nitrogen and oxygen atoms in total. The summed E-state index contributed by atoms with van der Waals surface area (Å²) in [6, 6.07) is 3.94. The van der Waals surface area contributed by atoms with Gasteiger partial charge in [0.25, 0.3) is 0 Å². The van der Waals surface area contributed by atoms with Gasteiger partial charge in [-0.2, -0.15) is 26.3 Å². The van der Waals surface area contributed by atoms with Crippen LogP contribution >= 0.6 is 0 Å². The Labute approximate surface area is 179 Å². The molecule has 32 heavy (non-hydrogen) atoms. The Kier molecular flexibility index (Phi) is 7.53. The van der Waals surface area contributed by atoms with E-state index < -0.39 is 53.0 Å². The maximum atomic E-state index is 14.1. The molecular weight excluding hydrogens is 445 g/mol. The summed E-state index contributed by atoms with van der Waals surface area (Å²) in [5.74, 6) is -3.12. The molecule has 174 valence electrons. The van der Waals surface area contributed by atoms with E-state index in [4.69, 9.17) is 4.74 Å². The minimum absolute atomic E-state index is 0.0295. The summed E-state index contributed by atoms with van der Waals surface area (Å²) in [7, 11) is 1.67. The lowest BCUT2D eigenvalue weighted by molar-refractivity contribution is -0.140. The molecule has 0 saturated heterocycles. The molecule has 0 aromatic heterocycles. The lowest BCUT2D eigenvalue weighted by Gasteiger charge is -2.16. The maximum Gasteiger partial charge on any atom is 0.419 e. The third-order valence-electron chi connectivity index (χ3n) is 4.50. The molecule has 0 aliphatic rings. The number of hydrogen-bond donors (Lipinski definition) is 0. The number of halogens is 7. The second kappa shape index (κ2) is 9.58. The molecule has 11 heteroatoms. The number of nitrogens with zero attached hydrogens (tertiary/aromatic N) is 2. The summed E-state index contributed by atoms with van der Waals surface area (Å²) in [4.78, 5) is 17.9. The normalized spacial score (nSPS) is 12.3. The number of aliphatic imine (C=N–C) groups is 1. The summed E-state index contributed by atoms with van der Waals surface area (Å²) >= 11 is 0. The molecule has 0 amide bonds.